The van der Waals surface area contributed by atoms with Gasteiger partial charge in [0, 0.05) is 19.2 Å². The van der Waals surface area contributed by atoms with Crippen molar-refractivity contribution in [2.45, 2.75) is 33.9 Å². The molecule has 2 aromatic rings. The fourth-order valence-electron chi connectivity index (χ4n) is 2.75. The highest BCUT2D eigenvalue weighted by Gasteiger charge is 2.07. The minimum Gasteiger partial charge on any atom is -0.348 e. The maximum atomic E-state index is 12.1. The SMILES string of the molecule is CCN(CC)Cc1ccccc1CNC(=O)/C=C/c1ccccc1C. The second kappa shape index (κ2) is 9.80. The molecule has 0 aliphatic heterocycles. The number of aryl methyl sites for hydroxylation is 1. The third-order valence-corrected chi connectivity index (χ3v) is 4.46. The van der Waals surface area contributed by atoms with E-state index in [1.54, 1.807) is 6.08 Å². The molecule has 2 aromatic carbocycles. The van der Waals surface area contributed by atoms with Crippen molar-refractivity contribution in [3.8, 4) is 0 Å². The molecule has 0 aromatic heterocycles. The van der Waals surface area contributed by atoms with Gasteiger partial charge in [0.1, 0.15) is 0 Å². The molecule has 25 heavy (non-hydrogen) atoms. The average Bonchev–Trinajstić information content (AvgIpc) is 2.64. The van der Waals surface area contributed by atoms with Crippen molar-refractivity contribution >= 4 is 12.0 Å². The fourth-order valence-corrected chi connectivity index (χ4v) is 2.75. The molecule has 3 nitrogen and oxygen atoms in total. The maximum absolute atomic E-state index is 12.1. The summed E-state index contributed by atoms with van der Waals surface area (Å²) in [7, 11) is 0. The van der Waals surface area contributed by atoms with Crippen molar-refractivity contribution in [1.29, 1.82) is 0 Å². The molecule has 3 heteroatoms. The van der Waals surface area contributed by atoms with E-state index in [2.05, 4.69) is 42.3 Å². The fraction of sp³-hybridized carbons (Fsp3) is 0.318. The molecule has 132 valence electrons. The van der Waals surface area contributed by atoms with Gasteiger partial charge in [-0.25, -0.2) is 0 Å². The van der Waals surface area contributed by atoms with Gasteiger partial charge in [0.15, 0.2) is 0 Å². The zero-order valence-electron chi connectivity index (χ0n) is 15.5. The predicted octanol–water partition coefficient (Wildman–Crippen LogP) is 4.17. The van der Waals surface area contributed by atoms with E-state index in [4.69, 9.17) is 0 Å². The molecule has 0 spiro atoms. The van der Waals surface area contributed by atoms with Crippen LogP contribution >= 0.6 is 0 Å². The first-order chi connectivity index (χ1) is 12.1. The van der Waals surface area contributed by atoms with Gasteiger partial charge in [0.05, 0.1) is 0 Å². The first-order valence-electron chi connectivity index (χ1n) is 8.94. The summed E-state index contributed by atoms with van der Waals surface area (Å²) in [6.07, 6.45) is 3.47. The zero-order chi connectivity index (χ0) is 18.1. The van der Waals surface area contributed by atoms with E-state index >= 15 is 0 Å². The number of amides is 1. The monoisotopic (exact) mass is 336 g/mol. The predicted molar refractivity (Wildman–Crippen MR) is 105 cm³/mol. The molecule has 0 unspecified atom stereocenters. The summed E-state index contributed by atoms with van der Waals surface area (Å²) in [5, 5.41) is 2.99. The molecule has 2 rings (SSSR count). The summed E-state index contributed by atoms with van der Waals surface area (Å²) in [5.41, 5.74) is 4.68. The van der Waals surface area contributed by atoms with Gasteiger partial charge >= 0.3 is 0 Å². The van der Waals surface area contributed by atoms with Gasteiger partial charge in [-0.1, -0.05) is 62.4 Å². The number of benzene rings is 2. The standard InChI is InChI=1S/C22H28N2O/c1-4-24(5-2)17-21-13-9-8-12-20(21)16-23-22(25)15-14-19-11-7-6-10-18(19)3/h6-15H,4-5,16-17H2,1-3H3,(H,23,25)/b15-14+. The van der Waals surface area contributed by atoms with Crippen LogP contribution in [-0.4, -0.2) is 23.9 Å². The molecular formula is C22H28N2O. The second-order valence-electron chi connectivity index (χ2n) is 6.14. The van der Waals surface area contributed by atoms with Crippen molar-refractivity contribution in [3.05, 3.63) is 76.9 Å². The van der Waals surface area contributed by atoms with Crippen molar-refractivity contribution in [1.82, 2.24) is 10.2 Å². The van der Waals surface area contributed by atoms with Crippen LogP contribution in [0.2, 0.25) is 0 Å². The van der Waals surface area contributed by atoms with E-state index in [0.29, 0.717) is 6.54 Å². The Hall–Kier alpha value is -2.39. The van der Waals surface area contributed by atoms with Crippen LogP contribution in [0, 0.1) is 6.92 Å². The first kappa shape index (κ1) is 18.9. The van der Waals surface area contributed by atoms with Crippen LogP contribution in [0.1, 0.15) is 36.1 Å². The summed E-state index contributed by atoms with van der Waals surface area (Å²) in [6.45, 7) is 9.90. The topological polar surface area (TPSA) is 32.3 Å². The first-order valence-corrected chi connectivity index (χ1v) is 8.94. The lowest BCUT2D eigenvalue weighted by molar-refractivity contribution is -0.116. The summed E-state index contributed by atoms with van der Waals surface area (Å²) in [5.74, 6) is -0.0686. The van der Waals surface area contributed by atoms with Crippen molar-refractivity contribution in [2.75, 3.05) is 13.1 Å². The van der Waals surface area contributed by atoms with Gasteiger partial charge in [-0.3, -0.25) is 9.69 Å². The van der Waals surface area contributed by atoms with E-state index in [0.717, 1.165) is 30.8 Å². The molecule has 0 radical (unpaired) electrons. The Balaban J connectivity index is 1.97. The maximum Gasteiger partial charge on any atom is 0.244 e. The van der Waals surface area contributed by atoms with Crippen LogP contribution in [0.5, 0.6) is 0 Å². The highest BCUT2D eigenvalue weighted by atomic mass is 16.1. The minimum atomic E-state index is -0.0686. The van der Waals surface area contributed by atoms with Gasteiger partial charge in [-0.2, -0.15) is 0 Å². The highest BCUT2D eigenvalue weighted by molar-refractivity contribution is 5.91. The Morgan fingerprint density at radius 2 is 1.64 bits per heavy atom. The lowest BCUT2D eigenvalue weighted by Gasteiger charge is -2.20. The van der Waals surface area contributed by atoms with E-state index < -0.39 is 0 Å². The summed E-state index contributed by atoms with van der Waals surface area (Å²) in [6, 6.07) is 16.3. The molecule has 0 atom stereocenters. The van der Waals surface area contributed by atoms with Gasteiger partial charge in [-0.15, -0.1) is 0 Å². The van der Waals surface area contributed by atoms with Gasteiger partial charge in [0.2, 0.25) is 5.91 Å². The normalized spacial score (nSPS) is 11.2. The molecule has 0 fully saturated rings. The van der Waals surface area contributed by atoms with E-state index in [-0.39, 0.29) is 5.91 Å². The lowest BCUT2D eigenvalue weighted by Crippen LogP contribution is -2.25. The Kier molecular flexibility index (Phi) is 7.42. The number of nitrogens with one attached hydrogen (secondary N) is 1. The van der Waals surface area contributed by atoms with Crippen LogP contribution < -0.4 is 5.32 Å². The minimum absolute atomic E-state index is 0.0686. The summed E-state index contributed by atoms with van der Waals surface area (Å²) >= 11 is 0. The van der Waals surface area contributed by atoms with Crippen LogP contribution in [-0.2, 0) is 17.9 Å². The summed E-state index contributed by atoms with van der Waals surface area (Å²) in [4.78, 5) is 14.5. The molecule has 1 N–H and O–H groups in total. The lowest BCUT2D eigenvalue weighted by atomic mass is 10.1. The third-order valence-electron chi connectivity index (χ3n) is 4.46. The number of carbonyl (C=O) groups excluding carboxylic acids is 1. The molecule has 0 aliphatic rings. The zero-order valence-corrected chi connectivity index (χ0v) is 15.5. The Bertz CT molecular complexity index is 717. The highest BCUT2D eigenvalue weighted by Crippen LogP contribution is 2.12. The number of carbonyl (C=O) groups is 1. The van der Waals surface area contributed by atoms with E-state index in [1.165, 1.54) is 11.1 Å². The Labute approximate surface area is 151 Å². The van der Waals surface area contributed by atoms with Crippen LogP contribution in [0.25, 0.3) is 6.08 Å². The van der Waals surface area contributed by atoms with Crippen molar-refractivity contribution < 1.29 is 4.79 Å². The molecular weight excluding hydrogens is 308 g/mol. The van der Waals surface area contributed by atoms with E-state index in [9.17, 15) is 4.79 Å². The number of nitrogens with zero attached hydrogens (tertiary/aromatic N) is 1. The molecule has 0 heterocycles. The van der Waals surface area contributed by atoms with Crippen molar-refractivity contribution in [3.63, 3.8) is 0 Å². The summed E-state index contributed by atoms with van der Waals surface area (Å²) < 4.78 is 0. The van der Waals surface area contributed by atoms with Crippen LogP contribution in [0.15, 0.2) is 54.6 Å². The second-order valence-corrected chi connectivity index (χ2v) is 6.14. The number of hydrogen-bond donors (Lipinski definition) is 1. The van der Waals surface area contributed by atoms with Gasteiger partial charge < -0.3 is 5.32 Å². The Morgan fingerprint density at radius 3 is 2.32 bits per heavy atom. The number of rotatable bonds is 8. The van der Waals surface area contributed by atoms with Crippen LogP contribution in [0.4, 0.5) is 0 Å². The third kappa shape index (κ3) is 5.87. The quantitative estimate of drug-likeness (QED) is 0.734. The Morgan fingerprint density at radius 1 is 1.00 bits per heavy atom. The molecule has 0 saturated heterocycles. The molecule has 0 bridgehead atoms. The average molecular weight is 336 g/mol. The number of hydrogen-bond acceptors (Lipinski definition) is 2. The molecule has 0 saturated carbocycles. The molecule has 1 amide bonds. The molecule has 0 aliphatic carbocycles. The smallest absolute Gasteiger partial charge is 0.244 e. The van der Waals surface area contributed by atoms with Gasteiger partial charge in [-0.05, 0) is 48.3 Å². The van der Waals surface area contributed by atoms with E-state index in [1.807, 2.05) is 43.3 Å². The van der Waals surface area contributed by atoms with Gasteiger partial charge in [0.25, 0.3) is 0 Å². The van der Waals surface area contributed by atoms with Crippen LogP contribution in [0.3, 0.4) is 0 Å². The largest absolute Gasteiger partial charge is 0.348 e. The van der Waals surface area contributed by atoms with Crippen molar-refractivity contribution in [2.24, 2.45) is 0 Å².